The van der Waals surface area contributed by atoms with Crippen molar-refractivity contribution >= 4 is 69.7 Å². The van der Waals surface area contributed by atoms with E-state index in [0.717, 1.165) is 22.0 Å². The first-order valence-electron chi connectivity index (χ1n) is 19.5. The maximum Gasteiger partial charge on any atom is 0.338 e. The van der Waals surface area contributed by atoms with E-state index in [0.29, 0.717) is 33.0 Å². The number of nitrogens with two attached hydrogens (primary N) is 2. The number of nitrogens with one attached hydrogen (secondary N) is 4. The van der Waals surface area contributed by atoms with Crippen molar-refractivity contribution in [1.29, 1.82) is 0 Å². The van der Waals surface area contributed by atoms with E-state index < -0.39 is 47.4 Å². The second kappa shape index (κ2) is 26.1. The lowest BCUT2D eigenvalue weighted by Gasteiger charge is -2.25. The zero-order valence-electron chi connectivity index (χ0n) is 34.4. The van der Waals surface area contributed by atoms with Crippen LogP contribution in [0.1, 0.15) is 56.8 Å². The Morgan fingerprint density at radius 1 is 0.951 bits per heavy atom. The number of hydrogen-bond acceptors (Lipinski definition) is 15. The number of hydrogen-bond donors (Lipinski definition) is 6. The number of fused-ring (bicyclic) bond motifs is 1. The summed E-state index contributed by atoms with van der Waals surface area (Å²) in [7, 11) is 0. The van der Waals surface area contributed by atoms with Gasteiger partial charge in [0.25, 0.3) is 5.91 Å². The topological polar surface area (TPSA) is 288 Å². The number of terminal acetylenes is 1. The molecule has 21 nitrogen and oxygen atoms in total. The van der Waals surface area contributed by atoms with Crippen molar-refractivity contribution in [2.75, 3.05) is 70.4 Å². The van der Waals surface area contributed by atoms with E-state index in [-0.39, 0.29) is 85.9 Å². The van der Waals surface area contributed by atoms with Gasteiger partial charge in [-0.2, -0.15) is 9.97 Å². The van der Waals surface area contributed by atoms with Crippen molar-refractivity contribution < 1.29 is 42.9 Å². The minimum atomic E-state index is -1.13. The minimum Gasteiger partial charge on any atom is -0.463 e. The number of primary amides is 1. The fourth-order valence-electron chi connectivity index (χ4n) is 5.56. The van der Waals surface area contributed by atoms with Crippen LogP contribution in [0.4, 0.5) is 16.3 Å². The van der Waals surface area contributed by atoms with Gasteiger partial charge in [0, 0.05) is 17.8 Å². The molecule has 5 amide bonds. The number of unbranched alkanes of at least 4 members (excludes halogenated alkanes) is 1. The lowest BCUT2D eigenvalue weighted by molar-refractivity contribution is -0.134. The molecule has 0 saturated heterocycles. The number of urea groups is 1. The highest BCUT2D eigenvalue weighted by Crippen LogP contribution is 2.22. The van der Waals surface area contributed by atoms with E-state index in [1.54, 1.807) is 13.8 Å². The molecule has 0 unspecified atom stereocenters. The molecule has 61 heavy (non-hydrogen) atoms. The van der Waals surface area contributed by atoms with Crippen LogP contribution in [0.2, 0.25) is 0 Å². The predicted octanol–water partition coefficient (Wildman–Crippen LogP) is 0.841. The molecule has 2 heterocycles. The molecule has 0 bridgehead atoms. The predicted molar refractivity (Wildman–Crippen MR) is 228 cm³/mol. The molecule has 1 aromatic carbocycles. The Morgan fingerprint density at radius 2 is 1.64 bits per heavy atom. The molecule has 22 heteroatoms. The summed E-state index contributed by atoms with van der Waals surface area (Å²) in [6, 6.07) is 2.63. The van der Waals surface area contributed by atoms with Gasteiger partial charge < -0.3 is 51.7 Å². The van der Waals surface area contributed by atoms with Gasteiger partial charge in [-0.1, -0.05) is 33.1 Å². The number of nitrogen functional groups attached to an aromatic ring is 1. The summed E-state index contributed by atoms with van der Waals surface area (Å²) in [5, 5.41) is 12.7. The molecule has 3 aromatic rings. The summed E-state index contributed by atoms with van der Waals surface area (Å²) >= 11 is 4.48. The van der Waals surface area contributed by atoms with Gasteiger partial charge in [-0.3, -0.25) is 23.7 Å². The van der Waals surface area contributed by atoms with E-state index in [4.69, 9.17) is 36.8 Å². The average Bonchev–Trinajstić information content (AvgIpc) is 3.50. The number of carbonyl (C=O) groups excluding carboxylic acids is 5. The molecular weight excluding hydrogens is 815 g/mol. The summed E-state index contributed by atoms with van der Waals surface area (Å²) in [6.07, 6.45) is 7.43. The van der Waals surface area contributed by atoms with Crippen LogP contribution in [0.25, 0.3) is 11.2 Å². The summed E-state index contributed by atoms with van der Waals surface area (Å²) in [6.45, 7) is 7.12. The number of rotatable bonds is 27. The van der Waals surface area contributed by atoms with Crippen molar-refractivity contribution in [3.63, 3.8) is 0 Å². The first-order valence-corrected chi connectivity index (χ1v) is 19.9. The zero-order chi connectivity index (χ0) is 44.7. The van der Waals surface area contributed by atoms with Crippen LogP contribution in [0.5, 0.6) is 6.01 Å². The highest BCUT2D eigenvalue weighted by atomic mass is 32.1. The van der Waals surface area contributed by atoms with Crippen LogP contribution >= 0.6 is 12.2 Å². The molecule has 0 aliphatic carbocycles. The smallest absolute Gasteiger partial charge is 0.338 e. The van der Waals surface area contributed by atoms with Gasteiger partial charge in [0.15, 0.2) is 11.5 Å². The van der Waals surface area contributed by atoms with Crippen LogP contribution < -0.4 is 43.2 Å². The summed E-state index contributed by atoms with van der Waals surface area (Å²) in [5.74, 6) is -0.766. The van der Waals surface area contributed by atoms with Crippen LogP contribution in [0.15, 0.2) is 34.1 Å². The summed E-state index contributed by atoms with van der Waals surface area (Å²) in [4.78, 5) is 90.5. The van der Waals surface area contributed by atoms with Crippen LogP contribution in [-0.2, 0) is 35.1 Å². The SMILES string of the molecule is C#CCn1c(=O)n(C(=O)c2ccc(NC(=O)[C@H](CCCNC(N)=O)NC(=O)[C@@H](NC(=O)COCCOCCOCCN=C=S)C(C)C)cc2)c2c(N)nc(OCCCC)nc21. The Labute approximate surface area is 357 Å². The fourth-order valence-corrected chi connectivity index (χ4v) is 5.65. The second-order valence-corrected chi connectivity index (χ2v) is 13.8. The number of nitrogens with zero attached hydrogens (tertiary/aromatic N) is 5. The molecular formula is C39H53N11O10S. The third kappa shape index (κ3) is 15.7. The molecule has 8 N–H and O–H groups in total. The van der Waals surface area contributed by atoms with Crippen LogP contribution in [0, 0.1) is 18.3 Å². The van der Waals surface area contributed by atoms with Gasteiger partial charge >= 0.3 is 17.7 Å². The monoisotopic (exact) mass is 867 g/mol. The third-order valence-electron chi connectivity index (χ3n) is 8.61. The molecule has 0 fully saturated rings. The Balaban J connectivity index is 1.68. The number of carbonyl (C=O) groups is 5. The van der Waals surface area contributed by atoms with Crippen molar-refractivity contribution in [2.24, 2.45) is 16.6 Å². The van der Waals surface area contributed by atoms with Crippen molar-refractivity contribution in [2.45, 2.75) is 65.1 Å². The number of isothiocyanates is 1. The number of anilines is 2. The first-order chi connectivity index (χ1) is 29.3. The number of aliphatic imine (C=N–C) groups is 1. The number of amides is 5. The number of benzene rings is 1. The fraction of sp³-hybridized carbons (Fsp3) is 0.513. The average molecular weight is 868 g/mol. The molecule has 3 rings (SSSR count). The largest absolute Gasteiger partial charge is 0.463 e. The van der Waals surface area contributed by atoms with Gasteiger partial charge in [0.05, 0.1) is 57.9 Å². The van der Waals surface area contributed by atoms with Gasteiger partial charge in [0.1, 0.15) is 24.2 Å². The van der Waals surface area contributed by atoms with Gasteiger partial charge in [0.2, 0.25) is 17.7 Å². The van der Waals surface area contributed by atoms with Crippen LogP contribution in [0.3, 0.4) is 0 Å². The Bertz CT molecular complexity index is 2110. The van der Waals surface area contributed by atoms with E-state index in [2.05, 4.69) is 59.5 Å². The van der Waals surface area contributed by atoms with E-state index in [9.17, 15) is 28.8 Å². The third-order valence-corrected chi connectivity index (χ3v) is 8.74. The van der Waals surface area contributed by atoms with Gasteiger partial charge in [-0.05, 0) is 61.7 Å². The highest BCUT2D eigenvalue weighted by Gasteiger charge is 2.29. The number of thiocarbonyl (C=S) groups is 1. The second-order valence-electron chi connectivity index (χ2n) is 13.6. The van der Waals surface area contributed by atoms with Gasteiger partial charge in [-0.15, -0.1) is 6.42 Å². The van der Waals surface area contributed by atoms with Crippen molar-refractivity contribution in [3.05, 3.63) is 40.3 Å². The molecule has 0 radical (unpaired) electrons. The molecule has 0 spiro atoms. The standard InChI is InChI=1S/C39H53N11O10S/c1-5-7-17-60-38-47-32(40)31-33(48-38)49(16-6-2)39(56)50(31)36(54)26-10-12-27(13-11-26)44-34(52)28(9-8-14-43-37(41)55)45-35(53)30(25(3)4)46-29(51)23-59-22-21-58-20-19-57-18-15-42-24-61/h2,10-13,25,28,30H,5,7-9,14-23H2,1,3-4H3,(H,44,52)(H,45,53)(H,46,51)(H2,40,47,48)(H3,41,43,55)/t28-,30-/m0/s1. The van der Waals surface area contributed by atoms with E-state index in [1.807, 2.05) is 6.92 Å². The summed E-state index contributed by atoms with van der Waals surface area (Å²) < 4.78 is 23.6. The maximum absolute atomic E-state index is 13.8. The first kappa shape index (κ1) is 49.1. The van der Waals surface area contributed by atoms with Crippen LogP contribution in [-0.4, -0.2) is 125 Å². The summed E-state index contributed by atoms with van der Waals surface area (Å²) in [5.41, 5.74) is 10.9. The molecule has 0 saturated carbocycles. The minimum absolute atomic E-state index is 0.0239. The number of imidazole rings is 1. The Hall–Kier alpha value is -6.24. The van der Waals surface area contributed by atoms with Gasteiger partial charge in [-0.25, -0.2) is 19.1 Å². The molecule has 2 atom stereocenters. The molecule has 2 aromatic heterocycles. The normalized spacial score (nSPS) is 11.9. The number of ether oxygens (including phenoxy) is 4. The molecule has 0 aliphatic heterocycles. The number of aromatic nitrogens is 4. The highest BCUT2D eigenvalue weighted by molar-refractivity contribution is 7.78. The zero-order valence-corrected chi connectivity index (χ0v) is 35.2. The Morgan fingerprint density at radius 3 is 2.28 bits per heavy atom. The maximum atomic E-state index is 13.8. The quantitative estimate of drug-likeness (QED) is 0.0268. The van der Waals surface area contributed by atoms with Crippen molar-refractivity contribution in [1.82, 2.24) is 35.1 Å². The lowest BCUT2D eigenvalue weighted by Crippen LogP contribution is -2.55. The molecule has 0 aliphatic rings. The Kier molecular flexibility index (Phi) is 21.0. The lowest BCUT2D eigenvalue weighted by atomic mass is 10.0. The molecule has 330 valence electrons. The van der Waals surface area contributed by atoms with E-state index in [1.165, 1.54) is 24.3 Å². The van der Waals surface area contributed by atoms with E-state index >= 15 is 0 Å². The van der Waals surface area contributed by atoms with Crippen molar-refractivity contribution in [3.8, 4) is 18.4 Å².